The second kappa shape index (κ2) is 14.7. The van der Waals surface area contributed by atoms with E-state index < -0.39 is 0 Å². The Kier molecular flexibility index (Phi) is 14.4. The summed E-state index contributed by atoms with van der Waals surface area (Å²) < 4.78 is 5.07. The number of rotatable bonds is 10. The number of nitrogens with one attached hydrogen (secondary N) is 2. The third-order valence-electron chi connectivity index (χ3n) is 3.37. The monoisotopic (exact) mass is 468 g/mol. The number of halogens is 2. The number of benzene rings is 1. The summed E-state index contributed by atoms with van der Waals surface area (Å²) in [7, 11) is 3.80. The van der Waals surface area contributed by atoms with Crippen molar-refractivity contribution >= 4 is 41.5 Å². The molecule has 0 spiro atoms. The van der Waals surface area contributed by atoms with Gasteiger partial charge in [-0.15, -0.1) is 24.0 Å². The van der Waals surface area contributed by atoms with Crippen molar-refractivity contribution in [2.24, 2.45) is 4.99 Å². The summed E-state index contributed by atoms with van der Waals surface area (Å²) >= 11 is 6.00. The first-order chi connectivity index (χ1) is 11.2. The van der Waals surface area contributed by atoms with Gasteiger partial charge in [0.25, 0.3) is 0 Å². The summed E-state index contributed by atoms with van der Waals surface area (Å²) in [6.07, 6.45) is 0.915. The van der Waals surface area contributed by atoms with E-state index in [2.05, 4.69) is 40.6 Å². The highest BCUT2D eigenvalue weighted by Crippen LogP contribution is 2.10. The smallest absolute Gasteiger partial charge is 0.191 e. The Labute approximate surface area is 168 Å². The predicted molar refractivity (Wildman–Crippen MR) is 114 cm³/mol. The predicted octanol–water partition coefficient (Wildman–Crippen LogP) is 2.63. The van der Waals surface area contributed by atoms with Gasteiger partial charge in [-0.3, -0.25) is 4.99 Å². The number of ether oxygens (including phenoxy) is 1. The van der Waals surface area contributed by atoms with Crippen molar-refractivity contribution in [2.75, 3.05) is 53.5 Å². The molecule has 0 aliphatic rings. The second-order valence-electron chi connectivity index (χ2n) is 5.36. The van der Waals surface area contributed by atoms with Crippen LogP contribution in [0.4, 0.5) is 0 Å². The van der Waals surface area contributed by atoms with Gasteiger partial charge in [-0.1, -0.05) is 23.7 Å². The Morgan fingerprint density at radius 3 is 2.75 bits per heavy atom. The van der Waals surface area contributed by atoms with E-state index in [9.17, 15) is 0 Å². The summed E-state index contributed by atoms with van der Waals surface area (Å²) in [5.41, 5.74) is 1.22. The molecule has 0 bridgehead atoms. The van der Waals surface area contributed by atoms with Gasteiger partial charge in [-0.05, 0) is 38.1 Å². The average molecular weight is 469 g/mol. The van der Waals surface area contributed by atoms with Crippen LogP contribution in [0.25, 0.3) is 0 Å². The lowest BCUT2D eigenvalue weighted by Crippen LogP contribution is -2.39. The minimum Gasteiger partial charge on any atom is -0.383 e. The molecular weight excluding hydrogens is 439 g/mol. The van der Waals surface area contributed by atoms with Crippen molar-refractivity contribution in [1.29, 1.82) is 0 Å². The summed E-state index contributed by atoms with van der Waals surface area (Å²) in [6, 6.07) is 7.96. The first-order valence-corrected chi connectivity index (χ1v) is 8.47. The van der Waals surface area contributed by atoms with Crippen LogP contribution in [0, 0.1) is 0 Å². The molecule has 0 unspecified atom stereocenters. The third-order valence-corrected chi connectivity index (χ3v) is 3.60. The van der Waals surface area contributed by atoms with Crippen LogP contribution in [0.15, 0.2) is 29.3 Å². The van der Waals surface area contributed by atoms with Crippen molar-refractivity contribution in [1.82, 2.24) is 15.5 Å². The molecule has 0 saturated carbocycles. The number of guanidine groups is 1. The molecule has 138 valence electrons. The zero-order chi connectivity index (χ0) is 16.9. The maximum absolute atomic E-state index is 6.00. The fourth-order valence-electron chi connectivity index (χ4n) is 2.05. The number of methoxy groups -OCH3 is 1. The topological polar surface area (TPSA) is 48.9 Å². The van der Waals surface area contributed by atoms with E-state index in [1.807, 2.05) is 18.2 Å². The van der Waals surface area contributed by atoms with Gasteiger partial charge in [-0.2, -0.15) is 0 Å². The van der Waals surface area contributed by atoms with Crippen molar-refractivity contribution in [3.8, 4) is 0 Å². The van der Waals surface area contributed by atoms with E-state index in [4.69, 9.17) is 16.3 Å². The zero-order valence-electron chi connectivity index (χ0n) is 14.8. The van der Waals surface area contributed by atoms with E-state index in [1.165, 1.54) is 5.56 Å². The zero-order valence-corrected chi connectivity index (χ0v) is 17.9. The molecule has 7 heteroatoms. The van der Waals surface area contributed by atoms with E-state index in [1.54, 1.807) is 7.11 Å². The van der Waals surface area contributed by atoms with Gasteiger partial charge in [0.2, 0.25) is 0 Å². The van der Waals surface area contributed by atoms with Crippen molar-refractivity contribution < 1.29 is 4.74 Å². The van der Waals surface area contributed by atoms with Crippen LogP contribution < -0.4 is 10.6 Å². The molecule has 0 aliphatic heterocycles. The first kappa shape index (κ1) is 23.4. The van der Waals surface area contributed by atoms with Crippen LogP contribution >= 0.6 is 35.6 Å². The number of hydrogen-bond donors (Lipinski definition) is 2. The van der Waals surface area contributed by atoms with Crippen LogP contribution in [0.5, 0.6) is 0 Å². The van der Waals surface area contributed by atoms with Crippen molar-refractivity contribution in [3.05, 3.63) is 34.9 Å². The Bertz CT molecular complexity index is 474. The van der Waals surface area contributed by atoms with E-state index in [0.717, 1.165) is 56.7 Å². The summed E-state index contributed by atoms with van der Waals surface area (Å²) in [4.78, 5) is 6.81. The van der Waals surface area contributed by atoms with Gasteiger partial charge < -0.3 is 20.3 Å². The van der Waals surface area contributed by atoms with Crippen LogP contribution in [0.3, 0.4) is 0 Å². The molecule has 5 nitrogen and oxygen atoms in total. The number of nitrogens with zero attached hydrogens (tertiary/aromatic N) is 2. The molecule has 0 heterocycles. The average Bonchev–Trinajstić information content (AvgIpc) is 2.53. The molecule has 0 radical (unpaired) electrons. The Morgan fingerprint density at radius 2 is 2.08 bits per heavy atom. The number of aliphatic imine (C=N–C) groups is 1. The number of hydrogen-bond acceptors (Lipinski definition) is 3. The van der Waals surface area contributed by atoms with Crippen molar-refractivity contribution in [3.63, 3.8) is 0 Å². The molecule has 0 saturated heterocycles. The normalized spacial score (nSPS) is 11.3. The van der Waals surface area contributed by atoms with Crippen LogP contribution in [0.2, 0.25) is 5.02 Å². The Morgan fingerprint density at radius 1 is 1.29 bits per heavy atom. The SMILES string of the molecule is CCNC(=NCCN(C)CCOC)NCCc1cccc(Cl)c1.I. The molecule has 0 fully saturated rings. The molecule has 0 aromatic heterocycles. The van der Waals surface area contributed by atoms with E-state index in [0.29, 0.717) is 0 Å². The van der Waals surface area contributed by atoms with E-state index in [-0.39, 0.29) is 24.0 Å². The lowest BCUT2D eigenvalue weighted by Gasteiger charge is -2.15. The number of likely N-dealkylation sites (N-methyl/N-ethyl adjacent to an activating group) is 1. The van der Waals surface area contributed by atoms with Gasteiger partial charge >= 0.3 is 0 Å². The van der Waals surface area contributed by atoms with E-state index >= 15 is 0 Å². The maximum atomic E-state index is 6.00. The lowest BCUT2D eigenvalue weighted by molar-refractivity contribution is 0.163. The lowest BCUT2D eigenvalue weighted by atomic mass is 10.1. The largest absolute Gasteiger partial charge is 0.383 e. The molecule has 1 aromatic carbocycles. The van der Waals surface area contributed by atoms with Gasteiger partial charge in [0.1, 0.15) is 0 Å². The van der Waals surface area contributed by atoms with Crippen LogP contribution in [0.1, 0.15) is 12.5 Å². The highest BCUT2D eigenvalue weighted by Gasteiger charge is 2.00. The molecule has 0 aliphatic carbocycles. The fraction of sp³-hybridized carbons (Fsp3) is 0.588. The third kappa shape index (κ3) is 11.1. The summed E-state index contributed by atoms with van der Waals surface area (Å²) in [5, 5.41) is 7.40. The van der Waals surface area contributed by atoms with Gasteiger partial charge in [0.05, 0.1) is 13.2 Å². The molecule has 1 aromatic rings. The van der Waals surface area contributed by atoms with Crippen molar-refractivity contribution in [2.45, 2.75) is 13.3 Å². The second-order valence-corrected chi connectivity index (χ2v) is 5.80. The molecule has 1 rings (SSSR count). The van der Waals surface area contributed by atoms with Crippen LogP contribution in [-0.4, -0.2) is 64.3 Å². The highest BCUT2D eigenvalue weighted by molar-refractivity contribution is 14.0. The van der Waals surface area contributed by atoms with Gasteiger partial charge in [0, 0.05) is 38.3 Å². The molecule has 0 atom stereocenters. The minimum absolute atomic E-state index is 0. The summed E-state index contributed by atoms with van der Waals surface area (Å²) in [6.45, 7) is 7.08. The van der Waals surface area contributed by atoms with Crippen LogP contribution in [-0.2, 0) is 11.2 Å². The quantitative estimate of drug-likeness (QED) is 0.315. The Balaban J connectivity index is 0.00000529. The molecule has 2 N–H and O–H groups in total. The van der Waals surface area contributed by atoms with Gasteiger partial charge in [-0.25, -0.2) is 0 Å². The highest BCUT2D eigenvalue weighted by atomic mass is 127. The Hall–Kier alpha value is -0.570. The summed E-state index contributed by atoms with van der Waals surface area (Å²) in [5.74, 6) is 0.856. The standard InChI is InChI=1S/C17H29ClN4O.HI/c1-4-19-17(21-10-11-22(2)12-13-23-3)20-9-8-15-6-5-7-16(18)14-15;/h5-7,14H,4,8-13H2,1-3H3,(H2,19,20,21);1H. The minimum atomic E-state index is 0. The molecular formula is C17H30ClIN4O. The molecule has 0 amide bonds. The maximum Gasteiger partial charge on any atom is 0.191 e. The fourth-order valence-corrected chi connectivity index (χ4v) is 2.26. The van der Waals surface area contributed by atoms with Gasteiger partial charge in [0.15, 0.2) is 5.96 Å². The molecule has 24 heavy (non-hydrogen) atoms. The first-order valence-electron chi connectivity index (χ1n) is 8.09.